The molecule has 1 saturated heterocycles. The standard InChI is InChI=1S/C30H42O10/c1-11-15(4)26(33)37-19(14-20-29(8,9)40-20)18(7)21-22(31)25(39-28(35)17(6)13-3)30(10,36)24(32)23(21)38-27(34)16(5)12-2/h11-13,19-23,25,31,36H,7,14H2,1-6,8-10H3/b15-11-,16-12-,17-13-/t19-,20-,21+,22+,23-,25+,30+/m0/s1. The Morgan fingerprint density at radius 1 is 0.950 bits per heavy atom. The van der Waals surface area contributed by atoms with Crippen molar-refractivity contribution < 1.29 is 48.3 Å². The van der Waals surface area contributed by atoms with Crippen LogP contribution in [-0.4, -0.2) is 75.6 Å². The highest BCUT2D eigenvalue weighted by atomic mass is 16.6. The molecule has 0 aromatic heterocycles. The van der Waals surface area contributed by atoms with Crippen LogP contribution in [0.25, 0.3) is 0 Å². The van der Waals surface area contributed by atoms with Gasteiger partial charge >= 0.3 is 17.9 Å². The number of esters is 3. The molecule has 0 aromatic rings. The first-order chi connectivity index (χ1) is 18.4. The smallest absolute Gasteiger partial charge is 0.334 e. The Balaban J connectivity index is 2.60. The number of hydrogen-bond donors (Lipinski definition) is 2. The predicted octanol–water partition coefficient (Wildman–Crippen LogP) is 3.05. The summed E-state index contributed by atoms with van der Waals surface area (Å²) in [5.74, 6) is -4.78. The molecule has 2 rings (SSSR count). The summed E-state index contributed by atoms with van der Waals surface area (Å²) >= 11 is 0. The van der Waals surface area contributed by atoms with E-state index in [1.807, 2.05) is 13.8 Å². The number of carbonyl (C=O) groups excluding carboxylic acids is 4. The van der Waals surface area contributed by atoms with E-state index in [-0.39, 0.29) is 29.2 Å². The average Bonchev–Trinajstić information content (AvgIpc) is 3.52. The van der Waals surface area contributed by atoms with E-state index in [0.29, 0.717) is 5.57 Å². The monoisotopic (exact) mass is 562 g/mol. The number of ketones is 1. The second-order valence-corrected chi connectivity index (χ2v) is 11.0. The molecule has 0 amide bonds. The highest BCUT2D eigenvalue weighted by Gasteiger charge is 2.61. The van der Waals surface area contributed by atoms with Crippen molar-refractivity contribution in [3.63, 3.8) is 0 Å². The van der Waals surface area contributed by atoms with Gasteiger partial charge in [0.2, 0.25) is 5.78 Å². The number of allylic oxidation sites excluding steroid dienone is 3. The zero-order valence-electron chi connectivity index (χ0n) is 24.8. The SMILES string of the molecule is C=C([C@@H]1[C@@H](O)[C@@H](OC(=O)/C(C)=C\C)[C@](C)(O)C(=O)[C@H]1OC(=O)/C(C)=C\C)[C@H](C[C@@H]1OC1(C)C)OC(=O)/C(C)=C\C. The molecule has 1 saturated carbocycles. The number of rotatable bonds is 10. The normalized spacial score (nSPS) is 31.2. The van der Waals surface area contributed by atoms with Crippen molar-refractivity contribution in [2.24, 2.45) is 5.92 Å². The lowest BCUT2D eigenvalue weighted by Crippen LogP contribution is -2.68. The average molecular weight is 563 g/mol. The maximum absolute atomic E-state index is 13.7. The highest BCUT2D eigenvalue weighted by molar-refractivity contribution is 5.97. The minimum atomic E-state index is -2.43. The summed E-state index contributed by atoms with van der Waals surface area (Å²) in [7, 11) is 0. The molecule has 1 aliphatic heterocycles. The molecule has 222 valence electrons. The lowest BCUT2D eigenvalue weighted by molar-refractivity contribution is -0.210. The molecule has 0 aromatic carbocycles. The third-order valence-corrected chi connectivity index (χ3v) is 7.73. The van der Waals surface area contributed by atoms with Crippen LogP contribution >= 0.6 is 0 Å². The molecule has 2 fully saturated rings. The molecule has 0 bridgehead atoms. The third kappa shape index (κ3) is 6.97. The number of carbonyl (C=O) groups is 4. The molecule has 0 spiro atoms. The first kappa shape index (κ1) is 33.1. The van der Waals surface area contributed by atoms with E-state index < -0.39 is 65.2 Å². The Morgan fingerprint density at radius 2 is 1.40 bits per heavy atom. The molecule has 2 aliphatic rings. The summed E-state index contributed by atoms with van der Waals surface area (Å²) in [6.07, 6.45) is -1.99. The molecular formula is C30H42O10. The van der Waals surface area contributed by atoms with E-state index in [1.165, 1.54) is 26.0 Å². The van der Waals surface area contributed by atoms with E-state index in [0.717, 1.165) is 6.92 Å². The fourth-order valence-electron chi connectivity index (χ4n) is 4.36. The number of ether oxygens (including phenoxy) is 4. The van der Waals surface area contributed by atoms with Crippen LogP contribution in [0.15, 0.2) is 47.1 Å². The largest absolute Gasteiger partial charge is 0.454 e. The summed E-state index contributed by atoms with van der Waals surface area (Å²) in [5, 5.41) is 22.8. The van der Waals surface area contributed by atoms with Crippen molar-refractivity contribution in [1.29, 1.82) is 0 Å². The molecule has 0 radical (unpaired) electrons. The van der Waals surface area contributed by atoms with Gasteiger partial charge in [0, 0.05) is 23.1 Å². The van der Waals surface area contributed by atoms with Crippen molar-refractivity contribution >= 4 is 23.7 Å². The Bertz CT molecular complexity index is 1140. The van der Waals surface area contributed by atoms with Gasteiger partial charge in [-0.05, 0) is 67.9 Å². The number of Topliss-reactive ketones (excluding diaryl/α,β-unsaturated/α-hetero) is 1. The zero-order valence-corrected chi connectivity index (χ0v) is 24.8. The van der Waals surface area contributed by atoms with Gasteiger partial charge < -0.3 is 29.2 Å². The van der Waals surface area contributed by atoms with Crippen LogP contribution in [0, 0.1) is 5.92 Å². The summed E-state index contributed by atoms with van der Waals surface area (Å²) < 4.78 is 22.4. The van der Waals surface area contributed by atoms with Crippen LogP contribution in [0.3, 0.4) is 0 Å². The van der Waals surface area contributed by atoms with Crippen molar-refractivity contribution in [2.75, 3.05) is 0 Å². The first-order valence-corrected chi connectivity index (χ1v) is 13.3. The summed E-state index contributed by atoms with van der Waals surface area (Å²) in [5.41, 5.74) is -2.20. The van der Waals surface area contributed by atoms with E-state index in [1.54, 1.807) is 33.8 Å². The number of hydrogen-bond acceptors (Lipinski definition) is 10. The quantitative estimate of drug-likeness (QED) is 0.134. The van der Waals surface area contributed by atoms with Crippen LogP contribution in [0.4, 0.5) is 0 Å². The minimum Gasteiger partial charge on any atom is -0.454 e. The maximum atomic E-state index is 13.7. The molecular weight excluding hydrogens is 520 g/mol. The Labute approximate surface area is 235 Å². The van der Waals surface area contributed by atoms with E-state index in [2.05, 4.69) is 6.58 Å². The maximum Gasteiger partial charge on any atom is 0.334 e. The number of epoxide rings is 1. The van der Waals surface area contributed by atoms with Gasteiger partial charge in [-0.15, -0.1) is 0 Å². The predicted molar refractivity (Wildman–Crippen MR) is 146 cm³/mol. The van der Waals surface area contributed by atoms with Crippen molar-refractivity contribution in [1.82, 2.24) is 0 Å². The third-order valence-electron chi connectivity index (χ3n) is 7.73. The van der Waals surface area contributed by atoms with Gasteiger partial charge in [0.1, 0.15) is 12.2 Å². The lowest BCUT2D eigenvalue weighted by Gasteiger charge is -2.47. The Morgan fingerprint density at radius 3 is 1.85 bits per heavy atom. The number of aliphatic hydroxyl groups is 2. The summed E-state index contributed by atoms with van der Waals surface area (Å²) in [4.78, 5) is 51.9. The van der Waals surface area contributed by atoms with Crippen molar-refractivity contribution in [3.05, 3.63) is 47.1 Å². The molecule has 2 N–H and O–H groups in total. The second-order valence-electron chi connectivity index (χ2n) is 11.0. The van der Waals surface area contributed by atoms with Crippen LogP contribution < -0.4 is 0 Å². The van der Waals surface area contributed by atoms with E-state index in [4.69, 9.17) is 18.9 Å². The molecule has 1 heterocycles. The van der Waals surface area contributed by atoms with Crippen LogP contribution in [0.2, 0.25) is 0 Å². The van der Waals surface area contributed by atoms with Gasteiger partial charge in [-0.25, -0.2) is 14.4 Å². The lowest BCUT2D eigenvalue weighted by atomic mass is 9.68. The molecule has 10 nitrogen and oxygen atoms in total. The second kappa shape index (κ2) is 12.6. The molecule has 0 unspecified atom stereocenters. The summed E-state index contributed by atoms with van der Waals surface area (Å²) in [6.45, 7) is 18.3. The zero-order chi connectivity index (χ0) is 30.7. The fourth-order valence-corrected chi connectivity index (χ4v) is 4.36. The minimum absolute atomic E-state index is 0.0413. The molecule has 40 heavy (non-hydrogen) atoms. The van der Waals surface area contributed by atoms with Crippen LogP contribution in [0.1, 0.15) is 68.7 Å². The number of aliphatic hydroxyl groups excluding tert-OH is 1. The first-order valence-electron chi connectivity index (χ1n) is 13.3. The van der Waals surface area contributed by atoms with Gasteiger partial charge in [-0.2, -0.15) is 0 Å². The van der Waals surface area contributed by atoms with E-state index >= 15 is 0 Å². The van der Waals surface area contributed by atoms with Gasteiger partial charge in [-0.1, -0.05) is 24.8 Å². The van der Waals surface area contributed by atoms with Gasteiger partial charge in [0.05, 0.1) is 17.6 Å². The van der Waals surface area contributed by atoms with Gasteiger partial charge in [0.25, 0.3) is 0 Å². The van der Waals surface area contributed by atoms with Crippen molar-refractivity contribution in [3.8, 4) is 0 Å². The van der Waals surface area contributed by atoms with Gasteiger partial charge in [-0.3, -0.25) is 4.79 Å². The summed E-state index contributed by atoms with van der Waals surface area (Å²) in [6, 6.07) is 0. The Kier molecular flexibility index (Phi) is 10.4. The fraction of sp³-hybridized carbons (Fsp3) is 0.600. The molecule has 1 aliphatic carbocycles. The molecule has 10 heteroatoms. The molecule has 7 atom stereocenters. The van der Waals surface area contributed by atoms with Crippen LogP contribution in [-0.2, 0) is 38.1 Å². The van der Waals surface area contributed by atoms with Gasteiger partial charge in [0.15, 0.2) is 17.8 Å². The highest BCUT2D eigenvalue weighted by Crippen LogP contribution is 2.44. The Hall–Kier alpha value is -3.08. The van der Waals surface area contributed by atoms with Crippen LogP contribution in [0.5, 0.6) is 0 Å². The van der Waals surface area contributed by atoms with Crippen molar-refractivity contribution in [2.45, 2.75) is 110 Å². The topological polar surface area (TPSA) is 149 Å². The van der Waals surface area contributed by atoms with E-state index in [9.17, 15) is 29.4 Å².